The number of para-hydroxylation sites is 2. The highest BCUT2D eigenvalue weighted by atomic mass is 19.1. The van der Waals surface area contributed by atoms with E-state index >= 15 is 0 Å². The molecule has 0 unspecified atom stereocenters. The first kappa shape index (κ1) is 16.5. The van der Waals surface area contributed by atoms with E-state index in [1.165, 1.54) is 19.2 Å². The molecular formula is C17H17FN2O3. The number of amides is 2. The second-order valence-electron chi connectivity index (χ2n) is 4.83. The molecule has 0 radical (unpaired) electrons. The lowest BCUT2D eigenvalue weighted by molar-refractivity contribution is -0.126. The molecule has 0 heterocycles. The number of hydrogen-bond acceptors (Lipinski definition) is 3. The number of carbonyl (C=O) groups is 2. The van der Waals surface area contributed by atoms with Crippen LogP contribution in [-0.2, 0) is 16.1 Å². The molecule has 5 nitrogen and oxygen atoms in total. The van der Waals surface area contributed by atoms with E-state index in [1.54, 1.807) is 36.4 Å². The first-order valence-corrected chi connectivity index (χ1v) is 7.02. The molecule has 0 aliphatic heterocycles. The number of benzene rings is 2. The highest BCUT2D eigenvalue weighted by Crippen LogP contribution is 2.22. The fourth-order valence-electron chi connectivity index (χ4n) is 1.95. The molecule has 120 valence electrons. The van der Waals surface area contributed by atoms with Crippen LogP contribution in [0.3, 0.4) is 0 Å². The van der Waals surface area contributed by atoms with E-state index in [0.29, 0.717) is 11.4 Å². The van der Waals surface area contributed by atoms with Crippen LogP contribution in [0.5, 0.6) is 5.75 Å². The van der Waals surface area contributed by atoms with Crippen molar-refractivity contribution < 1.29 is 18.7 Å². The van der Waals surface area contributed by atoms with Gasteiger partial charge in [0, 0.05) is 6.54 Å². The van der Waals surface area contributed by atoms with Gasteiger partial charge in [-0.05, 0) is 29.8 Å². The Morgan fingerprint density at radius 3 is 2.43 bits per heavy atom. The summed E-state index contributed by atoms with van der Waals surface area (Å²) in [7, 11) is 1.50. The second kappa shape index (κ2) is 7.93. The van der Waals surface area contributed by atoms with Crippen LogP contribution in [0.4, 0.5) is 10.1 Å². The summed E-state index contributed by atoms with van der Waals surface area (Å²) < 4.78 is 17.9. The number of nitrogens with one attached hydrogen (secondary N) is 2. The quantitative estimate of drug-likeness (QED) is 0.805. The van der Waals surface area contributed by atoms with Crippen molar-refractivity contribution in [1.29, 1.82) is 0 Å². The van der Waals surface area contributed by atoms with Gasteiger partial charge in [-0.3, -0.25) is 9.59 Å². The van der Waals surface area contributed by atoms with Crippen LogP contribution < -0.4 is 15.4 Å². The highest BCUT2D eigenvalue weighted by molar-refractivity contribution is 6.04. The number of halogens is 1. The molecule has 2 aromatic carbocycles. The number of carbonyl (C=O) groups excluding carboxylic acids is 2. The fraction of sp³-hybridized carbons (Fsp3) is 0.176. The zero-order chi connectivity index (χ0) is 16.7. The van der Waals surface area contributed by atoms with Crippen LogP contribution in [-0.4, -0.2) is 18.9 Å². The standard InChI is InChI=1S/C17H17FN2O3/c1-23-15-5-3-2-4-14(15)20-17(22)10-16(21)19-11-12-6-8-13(18)9-7-12/h2-9H,10-11H2,1H3,(H,19,21)(H,20,22). The molecule has 0 aliphatic rings. The Hall–Kier alpha value is -2.89. The van der Waals surface area contributed by atoms with Gasteiger partial charge in [0.2, 0.25) is 11.8 Å². The van der Waals surface area contributed by atoms with E-state index < -0.39 is 11.8 Å². The Morgan fingerprint density at radius 1 is 1.04 bits per heavy atom. The van der Waals surface area contributed by atoms with E-state index in [0.717, 1.165) is 5.56 Å². The summed E-state index contributed by atoms with van der Waals surface area (Å²) in [6.45, 7) is 0.237. The summed E-state index contributed by atoms with van der Waals surface area (Å²) in [4.78, 5) is 23.6. The van der Waals surface area contributed by atoms with Gasteiger partial charge in [0.1, 0.15) is 18.0 Å². The first-order chi connectivity index (χ1) is 11.1. The number of rotatable bonds is 6. The molecule has 2 amide bonds. The maximum Gasteiger partial charge on any atom is 0.233 e. The van der Waals surface area contributed by atoms with Crippen molar-refractivity contribution in [3.63, 3.8) is 0 Å². The molecule has 6 heteroatoms. The Kier molecular flexibility index (Phi) is 5.68. The summed E-state index contributed by atoms with van der Waals surface area (Å²) >= 11 is 0. The molecule has 0 atom stereocenters. The van der Waals surface area contributed by atoms with Crippen molar-refractivity contribution in [1.82, 2.24) is 5.32 Å². The maximum absolute atomic E-state index is 12.8. The van der Waals surface area contributed by atoms with Gasteiger partial charge in [-0.2, -0.15) is 0 Å². The normalized spacial score (nSPS) is 10.0. The van der Waals surface area contributed by atoms with Crippen molar-refractivity contribution in [2.24, 2.45) is 0 Å². The first-order valence-electron chi connectivity index (χ1n) is 7.02. The lowest BCUT2D eigenvalue weighted by Crippen LogP contribution is -2.27. The summed E-state index contributed by atoms with van der Waals surface area (Å²) in [5.41, 5.74) is 1.26. The van der Waals surface area contributed by atoms with E-state index in [-0.39, 0.29) is 18.8 Å². The van der Waals surface area contributed by atoms with Crippen molar-refractivity contribution in [3.05, 3.63) is 59.9 Å². The summed E-state index contributed by atoms with van der Waals surface area (Å²) in [5.74, 6) is -0.670. The molecule has 0 bridgehead atoms. The summed E-state index contributed by atoms with van der Waals surface area (Å²) in [6, 6.07) is 12.7. The SMILES string of the molecule is COc1ccccc1NC(=O)CC(=O)NCc1ccc(F)cc1. The van der Waals surface area contributed by atoms with Gasteiger partial charge in [-0.1, -0.05) is 24.3 Å². The van der Waals surface area contributed by atoms with Gasteiger partial charge in [0.15, 0.2) is 0 Å². The zero-order valence-electron chi connectivity index (χ0n) is 12.6. The largest absolute Gasteiger partial charge is 0.495 e. The molecule has 0 saturated carbocycles. The van der Waals surface area contributed by atoms with Crippen molar-refractivity contribution in [2.75, 3.05) is 12.4 Å². The summed E-state index contributed by atoms with van der Waals surface area (Å²) in [5, 5.41) is 5.23. The predicted octanol–water partition coefficient (Wildman–Crippen LogP) is 2.48. The molecule has 2 aromatic rings. The third kappa shape index (κ3) is 5.10. The Labute approximate surface area is 133 Å². The average Bonchev–Trinajstić information content (AvgIpc) is 2.54. The molecule has 23 heavy (non-hydrogen) atoms. The average molecular weight is 316 g/mol. The molecular weight excluding hydrogens is 299 g/mol. The smallest absolute Gasteiger partial charge is 0.233 e. The van der Waals surface area contributed by atoms with E-state index in [4.69, 9.17) is 4.74 Å². The molecule has 2 N–H and O–H groups in total. The molecule has 0 spiro atoms. The lowest BCUT2D eigenvalue weighted by atomic mass is 10.2. The fourth-order valence-corrected chi connectivity index (χ4v) is 1.95. The number of ether oxygens (including phenoxy) is 1. The molecule has 0 fully saturated rings. The lowest BCUT2D eigenvalue weighted by Gasteiger charge is -2.10. The van der Waals surface area contributed by atoms with Gasteiger partial charge in [0.05, 0.1) is 12.8 Å². The van der Waals surface area contributed by atoms with Gasteiger partial charge >= 0.3 is 0 Å². The van der Waals surface area contributed by atoms with Crippen LogP contribution in [0.1, 0.15) is 12.0 Å². The van der Waals surface area contributed by atoms with Gasteiger partial charge in [-0.15, -0.1) is 0 Å². The van der Waals surface area contributed by atoms with Gasteiger partial charge in [0.25, 0.3) is 0 Å². The Morgan fingerprint density at radius 2 is 1.74 bits per heavy atom. The number of anilines is 1. The van der Waals surface area contributed by atoms with Gasteiger partial charge < -0.3 is 15.4 Å². The monoisotopic (exact) mass is 316 g/mol. The molecule has 0 aliphatic carbocycles. The van der Waals surface area contributed by atoms with Crippen molar-refractivity contribution in [2.45, 2.75) is 13.0 Å². The second-order valence-corrected chi connectivity index (χ2v) is 4.83. The molecule has 0 saturated heterocycles. The predicted molar refractivity (Wildman–Crippen MR) is 84.5 cm³/mol. The Balaban J connectivity index is 1.82. The van der Waals surface area contributed by atoms with E-state index in [2.05, 4.69) is 10.6 Å². The third-order valence-corrected chi connectivity index (χ3v) is 3.11. The van der Waals surface area contributed by atoms with E-state index in [1.807, 2.05) is 0 Å². The summed E-state index contributed by atoms with van der Waals surface area (Å²) in [6.07, 6.45) is -0.306. The number of methoxy groups -OCH3 is 1. The van der Waals surface area contributed by atoms with Crippen molar-refractivity contribution >= 4 is 17.5 Å². The minimum Gasteiger partial charge on any atom is -0.495 e. The third-order valence-electron chi connectivity index (χ3n) is 3.11. The van der Waals surface area contributed by atoms with Crippen LogP contribution >= 0.6 is 0 Å². The molecule has 2 rings (SSSR count). The topological polar surface area (TPSA) is 67.4 Å². The minimum atomic E-state index is -0.439. The van der Waals surface area contributed by atoms with Gasteiger partial charge in [-0.25, -0.2) is 4.39 Å². The minimum absolute atomic E-state index is 0.237. The van der Waals surface area contributed by atoms with E-state index in [9.17, 15) is 14.0 Å². The van der Waals surface area contributed by atoms with Crippen LogP contribution in [0.25, 0.3) is 0 Å². The molecule has 0 aromatic heterocycles. The van der Waals surface area contributed by atoms with Crippen LogP contribution in [0.15, 0.2) is 48.5 Å². The highest BCUT2D eigenvalue weighted by Gasteiger charge is 2.11. The number of hydrogen-bond donors (Lipinski definition) is 2. The van der Waals surface area contributed by atoms with Crippen molar-refractivity contribution in [3.8, 4) is 5.75 Å². The van der Waals surface area contributed by atoms with Crippen LogP contribution in [0, 0.1) is 5.82 Å². The van der Waals surface area contributed by atoms with Crippen LogP contribution in [0.2, 0.25) is 0 Å². The zero-order valence-corrected chi connectivity index (χ0v) is 12.6. The Bertz CT molecular complexity index is 686. The maximum atomic E-state index is 12.8.